The van der Waals surface area contributed by atoms with Crippen LogP contribution in [0.4, 0.5) is 4.79 Å². The van der Waals surface area contributed by atoms with Gasteiger partial charge in [0.1, 0.15) is 11.8 Å². The molecule has 0 saturated heterocycles. The molecular formula is C18H16N4O2. The van der Waals surface area contributed by atoms with Crippen molar-refractivity contribution in [3.63, 3.8) is 0 Å². The van der Waals surface area contributed by atoms with E-state index in [9.17, 15) is 10.1 Å². The average Bonchev–Trinajstić information content (AvgIpc) is 3.01. The summed E-state index contributed by atoms with van der Waals surface area (Å²) in [6.07, 6.45) is 0.662. The molecule has 120 valence electrons. The Kier molecular flexibility index (Phi) is 4.73. The number of hydrogen-bond donors (Lipinski definition) is 1. The quantitative estimate of drug-likeness (QED) is 0.733. The smallest absolute Gasteiger partial charge is 0.328 e. The van der Waals surface area contributed by atoms with Crippen molar-refractivity contribution in [1.82, 2.24) is 14.9 Å². The average molecular weight is 320 g/mol. The summed E-state index contributed by atoms with van der Waals surface area (Å²) in [5, 5.41) is 12.0. The van der Waals surface area contributed by atoms with Gasteiger partial charge < -0.3 is 10.1 Å². The molecule has 0 aliphatic heterocycles. The van der Waals surface area contributed by atoms with Crippen LogP contribution in [0.15, 0.2) is 54.6 Å². The number of carbonyl (C=O) groups excluding carboxylic acids is 1. The molecule has 0 spiro atoms. The highest BCUT2D eigenvalue weighted by Gasteiger charge is 2.15. The number of nitrogens with zero attached hydrogens (tertiary/aromatic N) is 3. The van der Waals surface area contributed by atoms with Crippen molar-refractivity contribution in [2.24, 2.45) is 0 Å². The van der Waals surface area contributed by atoms with Crippen molar-refractivity contribution >= 4 is 17.1 Å². The molecule has 1 heterocycles. The molecule has 1 aromatic heterocycles. The van der Waals surface area contributed by atoms with Crippen molar-refractivity contribution in [3.8, 4) is 11.8 Å². The van der Waals surface area contributed by atoms with Crippen LogP contribution in [-0.2, 0) is 0 Å². The molecule has 3 aromatic rings. The molecular weight excluding hydrogens is 304 g/mol. The van der Waals surface area contributed by atoms with Gasteiger partial charge in [0, 0.05) is 6.54 Å². The number of para-hydroxylation sites is 3. The number of nitrogens with one attached hydrogen (secondary N) is 1. The Bertz CT molecular complexity index is 881. The van der Waals surface area contributed by atoms with Crippen molar-refractivity contribution in [2.75, 3.05) is 13.2 Å². The topological polar surface area (TPSA) is 79.9 Å². The first-order chi connectivity index (χ1) is 11.8. The largest absolute Gasteiger partial charge is 0.494 e. The number of rotatable bonds is 5. The third-order valence-electron chi connectivity index (χ3n) is 3.47. The number of hydrogen-bond acceptors (Lipinski definition) is 4. The summed E-state index contributed by atoms with van der Waals surface area (Å²) in [6, 6.07) is 18.3. The van der Waals surface area contributed by atoms with Crippen LogP contribution >= 0.6 is 0 Å². The fourth-order valence-corrected chi connectivity index (χ4v) is 2.36. The summed E-state index contributed by atoms with van der Waals surface area (Å²) in [4.78, 5) is 16.5. The zero-order chi connectivity index (χ0) is 16.8. The summed E-state index contributed by atoms with van der Waals surface area (Å²) in [5.41, 5.74) is 1.24. The van der Waals surface area contributed by atoms with Crippen LogP contribution in [0.3, 0.4) is 0 Å². The first-order valence-corrected chi connectivity index (χ1v) is 7.63. The standard InChI is InChI=1S/C18H16N4O2/c19-13-17-21-15-9-4-5-10-16(15)22(17)18(23)20-11-6-12-24-14-7-2-1-3-8-14/h1-5,7-10H,6,11-12H2,(H,20,23). The predicted octanol–water partition coefficient (Wildman–Crippen LogP) is 2.93. The van der Waals surface area contributed by atoms with Crippen LogP contribution in [0, 0.1) is 11.3 Å². The summed E-state index contributed by atoms with van der Waals surface area (Å²) < 4.78 is 6.87. The molecule has 1 amide bonds. The Morgan fingerprint density at radius 2 is 1.92 bits per heavy atom. The van der Waals surface area contributed by atoms with Gasteiger partial charge in [-0.3, -0.25) is 0 Å². The van der Waals surface area contributed by atoms with Crippen molar-refractivity contribution in [1.29, 1.82) is 5.26 Å². The zero-order valence-electron chi connectivity index (χ0n) is 13.0. The van der Waals surface area contributed by atoms with Gasteiger partial charge in [-0.15, -0.1) is 0 Å². The van der Waals surface area contributed by atoms with Crippen molar-refractivity contribution in [3.05, 3.63) is 60.4 Å². The number of fused-ring (bicyclic) bond motifs is 1. The third-order valence-corrected chi connectivity index (χ3v) is 3.47. The number of aromatic nitrogens is 2. The second-order valence-corrected chi connectivity index (χ2v) is 5.12. The number of imidazole rings is 1. The van der Waals surface area contributed by atoms with E-state index in [4.69, 9.17) is 4.74 Å². The van der Waals surface area contributed by atoms with Gasteiger partial charge in [-0.2, -0.15) is 5.26 Å². The van der Waals surface area contributed by atoms with E-state index in [1.165, 1.54) is 4.57 Å². The normalized spacial score (nSPS) is 10.3. The van der Waals surface area contributed by atoms with E-state index in [1.54, 1.807) is 12.1 Å². The first-order valence-electron chi connectivity index (χ1n) is 7.63. The van der Waals surface area contributed by atoms with Gasteiger partial charge in [0.15, 0.2) is 0 Å². The van der Waals surface area contributed by atoms with E-state index in [2.05, 4.69) is 10.3 Å². The minimum Gasteiger partial charge on any atom is -0.494 e. The maximum atomic E-state index is 12.4. The molecule has 2 aromatic carbocycles. The minimum atomic E-state index is -0.361. The van der Waals surface area contributed by atoms with E-state index in [1.807, 2.05) is 48.5 Å². The van der Waals surface area contributed by atoms with Crippen molar-refractivity contribution in [2.45, 2.75) is 6.42 Å². The lowest BCUT2D eigenvalue weighted by Crippen LogP contribution is -2.30. The second-order valence-electron chi connectivity index (χ2n) is 5.12. The Morgan fingerprint density at radius 3 is 2.71 bits per heavy atom. The summed E-state index contributed by atoms with van der Waals surface area (Å²) >= 11 is 0. The van der Waals surface area contributed by atoms with Gasteiger partial charge in [0.05, 0.1) is 17.6 Å². The van der Waals surface area contributed by atoms with E-state index >= 15 is 0 Å². The fraction of sp³-hybridized carbons (Fsp3) is 0.167. The molecule has 0 aliphatic rings. The van der Waals surface area contributed by atoms with Gasteiger partial charge in [-0.05, 0) is 30.7 Å². The fourth-order valence-electron chi connectivity index (χ4n) is 2.36. The molecule has 0 atom stereocenters. The second kappa shape index (κ2) is 7.29. The summed E-state index contributed by atoms with van der Waals surface area (Å²) in [7, 11) is 0. The molecule has 0 radical (unpaired) electrons. The molecule has 0 bridgehead atoms. The highest BCUT2D eigenvalue weighted by Crippen LogP contribution is 2.15. The zero-order valence-corrected chi connectivity index (χ0v) is 13.0. The highest BCUT2D eigenvalue weighted by atomic mass is 16.5. The molecule has 6 nitrogen and oxygen atoms in total. The van der Waals surface area contributed by atoms with Crippen molar-refractivity contribution < 1.29 is 9.53 Å². The molecule has 0 fully saturated rings. The number of carbonyl (C=O) groups is 1. The molecule has 0 aliphatic carbocycles. The lowest BCUT2D eigenvalue weighted by molar-refractivity contribution is 0.241. The summed E-state index contributed by atoms with van der Waals surface area (Å²) in [6.45, 7) is 0.948. The SMILES string of the molecule is N#Cc1nc2ccccc2n1C(=O)NCCCOc1ccccc1. The molecule has 6 heteroatoms. The Hall–Kier alpha value is -3.33. The number of benzene rings is 2. The van der Waals surface area contributed by atoms with Gasteiger partial charge in [-0.25, -0.2) is 14.3 Å². The molecule has 0 saturated carbocycles. The van der Waals surface area contributed by atoms with E-state index < -0.39 is 0 Å². The minimum absolute atomic E-state index is 0.0780. The lowest BCUT2D eigenvalue weighted by atomic mass is 10.3. The summed E-state index contributed by atoms with van der Waals surface area (Å²) in [5.74, 6) is 0.880. The number of nitriles is 1. The number of amides is 1. The monoisotopic (exact) mass is 320 g/mol. The van der Waals surface area contributed by atoms with E-state index in [-0.39, 0.29) is 11.9 Å². The van der Waals surface area contributed by atoms with Crippen LogP contribution in [0.5, 0.6) is 5.75 Å². The van der Waals surface area contributed by atoms with E-state index in [0.717, 1.165) is 5.75 Å². The maximum absolute atomic E-state index is 12.4. The Morgan fingerprint density at radius 1 is 1.17 bits per heavy atom. The molecule has 24 heavy (non-hydrogen) atoms. The lowest BCUT2D eigenvalue weighted by Gasteiger charge is -2.08. The predicted molar refractivity (Wildman–Crippen MR) is 89.8 cm³/mol. The van der Waals surface area contributed by atoms with Crippen LogP contribution in [0.2, 0.25) is 0 Å². The first kappa shape index (κ1) is 15.6. The van der Waals surface area contributed by atoms with Crippen LogP contribution < -0.4 is 10.1 Å². The number of ether oxygens (including phenoxy) is 1. The van der Waals surface area contributed by atoms with Gasteiger partial charge in [0.25, 0.3) is 0 Å². The van der Waals surface area contributed by atoms with Crippen LogP contribution in [0.1, 0.15) is 12.2 Å². The third kappa shape index (κ3) is 3.36. The Labute approximate surface area is 139 Å². The van der Waals surface area contributed by atoms with Crippen LogP contribution in [0.25, 0.3) is 11.0 Å². The molecule has 0 unspecified atom stereocenters. The van der Waals surface area contributed by atoms with Gasteiger partial charge >= 0.3 is 6.03 Å². The van der Waals surface area contributed by atoms with Gasteiger partial charge in [0.2, 0.25) is 5.82 Å². The van der Waals surface area contributed by atoms with Crippen LogP contribution in [-0.4, -0.2) is 28.7 Å². The van der Waals surface area contributed by atoms with Gasteiger partial charge in [-0.1, -0.05) is 30.3 Å². The highest BCUT2D eigenvalue weighted by molar-refractivity contribution is 5.90. The molecule has 1 N–H and O–H groups in total. The maximum Gasteiger partial charge on any atom is 0.328 e. The van der Waals surface area contributed by atoms with E-state index in [0.29, 0.717) is 30.6 Å². The Balaban J connectivity index is 1.57. The molecule has 3 rings (SSSR count).